The number of hydrogen-bond acceptors (Lipinski definition) is 6. The zero-order valence-corrected chi connectivity index (χ0v) is 19.1. The summed E-state index contributed by atoms with van der Waals surface area (Å²) in [5, 5.41) is 22.1. The normalized spacial score (nSPS) is 11.1. The first-order chi connectivity index (χ1) is 14.9. The third-order valence-electron chi connectivity index (χ3n) is 4.52. The third-order valence-corrected chi connectivity index (χ3v) is 5.91. The van der Waals surface area contributed by atoms with Crippen LogP contribution < -0.4 is 0 Å². The van der Waals surface area contributed by atoms with E-state index in [1.165, 1.54) is 11.8 Å². The second kappa shape index (κ2) is 9.06. The van der Waals surface area contributed by atoms with E-state index < -0.39 is 0 Å². The molecule has 158 valence electrons. The Morgan fingerprint density at radius 2 is 1.77 bits per heavy atom. The van der Waals surface area contributed by atoms with Crippen molar-refractivity contribution >= 4 is 46.6 Å². The topological polar surface area (TPSA) is 84.1 Å². The van der Waals surface area contributed by atoms with Gasteiger partial charge in [-0.05, 0) is 42.2 Å². The first-order valence-electron chi connectivity index (χ1n) is 8.97. The number of benzene rings is 2. The second-order valence-corrected chi connectivity index (χ2v) is 8.50. The van der Waals surface area contributed by atoms with Gasteiger partial charge in [-0.1, -0.05) is 58.7 Å². The van der Waals surface area contributed by atoms with Crippen LogP contribution in [-0.4, -0.2) is 36.3 Å². The average molecular weight is 494 g/mol. The van der Waals surface area contributed by atoms with E-state index in [0.29, 0.717) is 44.0 Å². The summed E-state index contributed by atoms with van der Waals surface area (Å²) in [6.07, 6.45) is 3.47. The molecule has 6 nitrogen and oxygen atoms in total. The van der Waals surface area contributed by atoms with Crippen molar-refractivity contribution in [3.05, 3.63) is 69.3 Å². The van der Waals surface area contributed by atoms with E-state index in [4.69, 9.17) is 34.8 Å². The average Bonchev–Trinajstić information content (AvgIpc) is 3.10. The number of aliphatic hydroxyl groups is 1. The Hall–Kier alpha value is -2.29. The van der Waals surface area contributed by atoms with Gasteiger partial charge in [-0.3, -0.25) is 0 Å². The lowest BCUT2D eigenvalue weighted by Crippen LogP contribution is -2.01. The van der Waals surface area contributed by atoms with Crippen LogP contribution in [0.5, 0.6) is 0 Å². The summed E-state index contributed by atoms with van der Waals surface area (Å²) in [5.74, 6) is 0.133. The Labute approximate surface area is 197 Å². The lowest BCUT2D eigenvalue weighted by molar-refractivity contribution is 0.195. The molecule has 2 N–H and O–H groups in total. The summed E-state index contributed by atoms with van der Waals surface area (Å²) in [5.41, 5.74) is 2.81. The maximum atomic E-state index is 11.2. The number of imidazole rings is 1. The van der Waals surface area contributed by atoms with Gasteiger partial charge in [0.2, 0.25) is 0 Å². The molecule has 0 radical (unpaired) electrons. The first-order valence-corrected chi connectivity index (χ1v) is 11.3. The number of halogens is 3. The van der Waals surface area contributed by atoms with E-state index in [9.17, 15) is 10.3 Å². The molecule has 0 atom stereocenters. The minimum atomic E-state index is -0.218. The maximum Gasteiger partial charge on any atom is 0.187 e. The highest BCUT2D eigenvalue weighted by Gasteiger charge is 2.25. The Bertz CT molecular complexity index is 1260. The van der Waals surface area contributed by atoms with Gasteiger partial charge in [0.1, 0.15) is 11.4 Å². The first kappa shape index (κ1) is 21.9. The van der Waals surface area contributed by atoms with Gasteiger partial charge in [0, 0.05) is 16.8 Å². The van der Waals surface area contributed by atoms with E-state index in [0.717, 1.165) is 4.73 Å². The number of nitrogens with zero attached hydrogens (tertiary/aromatic N) is 4. The van der Waals surface area contributed by atoms with Crippen molar-refractivity contribution in [3.8, 4) is 34.0 Å². The van der Waals surface area contributed by atoms with Crippen LogP contribution in [0.2, 0.25) is 15.1 Å². The molecule has 2 aromatic heterocycles. The van der Waals surface area contributed by atoms with Crippen molar-refractivity contribution in [2.24, 2.45) is 0 Å². The van der Waals surface area contributed by atoms with Crippen molar-refractivity contribution in [2.45, 2.75) is 11.8 Å². The molecule has 0 saturated heterocycles. The number of aliphatic hydroxyl groups excluding tert-OH is 1. The fourth-order valence-corrected chi connectivity index (χ4v) is 4.39. The lowest BCUT2D eigenvalue weighted by Gasteiger charge is -2.09. The van der Waals surface area contributed by atoms with Gasteiger partial charge in [-0.2, -0.15) is 4.73 Å². The van der Waals surface area contributed by atoms with Gasteiger partial charge in [-0.25, -0.2) is 15.0 Å². The van der Waals surface area contributed by atoms with Crippen LogP contribution in [0.3, 0.4) is 0 Å². The van der Waals surface area contributed by atoms with Crippen LogP contribution >= 0.6 is 46.6 Å². The zero-order valence-electron chi connectivity index (χ0n) is 16.1. The van der Waals surface area contributed by atoms with Crippen LogP contribution in [0, 0.1) is 0 Å². The molecule has 0 unspecified atom stereocenters. The van der Waals surface area contributed by atoms with Crippen LogP contribution in [0.4, 0.5) is 0 Å². The number of hydrogen-bond donors (Lipinski definition) is 2. The molecule has 0 aliphatic rings. The molecule has 2 heterocycles. The molecular weight excluding hydrogens is 479 g/mol. The molecule has 31 heavy (non-hydrogen) atoms. The van der Waals surface area contributed by atoms with Gasteiger partial charge >= 0.3 is 0 Å². The van der Waals surface area contributed by atoms with Crippen molar-refractivity contribution in [1.29, 1.82) is 0 Å². The summed E-state index contributed by atoms with van der Waals surface area (Å²) in [6, 6.07) is 11.9. The molecule has 0 fully saturated rings. The number of thioether (sulfide) groups is 1. The van der Waals surface area contributed by atoms with Gasteiger partial charge in [0.15, 0.2) is 11.0 Å². The van der Waals surface area contributed by atoms with Crippen LogP contribution in [0.1, 0.15) is 5.56 Å². The third kappa shape index (κ3) is 4.24. The van der Waals surface area contributed by atoms with Gasteiger partial charge in [-0.15, -0.1) is 0 Å². The SMILES string of the molecule is CSc1nccc(-c2c(-c3cccc(Cl)c3)nc(-c3c(Cl)cc(CO)cc3Cl)n2O)n1. The van der Waals surface area contributed by atoms with Crippen molar-refractivity contribution in [3.63, 3.8) is 0 Å². The molecule has 0 aliphatic heterocycles. The van der Waals surface area contributed by atoms with Crippen LogP contribution in [-0.2, 0) is 6.61 Å². The van der Waals surface area contributed by atoms with E-state index in [1.807, 2.05) is 12.3 Å². The molecule has 0 amide bonds. The molecule has 2 aromatic carbocycles. The van der Waals surface area contributed by atoms with Crippen molar-refractivity contribution < 1.29 is 10.3 Å². The molecular formula is C21H15Cl3N4O2S. The Morgan fingerprint density at radius 1 is 1.03 bits per heavy atom. The molecule has 10 heteroatoms. The molecule has 4 rings (SSSR count). The minimum absolute atomic E-state index is 0.133. The second-order valence-electron chi connectivity index (χ2n) is 6.48. The minimum Gasteiger partial charge on any atom is -0.426 e. The standard InChI is InChI=1S/C21H15Cl3N4O2S/c1-31-21-25-6-5-16(26-21)19-18(12-3-2-4-13(22)9-12)27-20(28(19)30)17-14(23)7-11(10-29)8-15(17)24/h2-9,29-30H,10H2,1H3. The number of aromatic nitrogens is 4. The van der Waals surface area contributed by atoms with Gasteiger partial charge < -0.3 is 10.3 Å². The summed E-state index contributed by atoms with van der Waals surface area (Å²) >= 11 is 20.4. The zero-order chi connectivity index (χ0) is 22.1. The van der Waals surface area contributed by atoms with Crippen LogP contribution in [0.15, 0.2) is 53.8 Å². The number of rotatable bonds is 5. The summed E-state index contributed by atoms with van der Waals surface area (Å²) in [4.78, 5) is 13.4. The monoisotopic (exact) mass is 492 g/mol. The predicted octanol–water partition coefficient (Wildman–Crippen LogP) is 6.09. The molecule has 4 aromatic rings. The van der Waals surface area contributed by atoms with E-state index in [2.05, 4.69) is 15.0 Å². The molecule has 0 saturated carbocycles. The Morgan fingerprint density at radius 3 is 2.42 bits per heavy atom. The van der Waals surface area contributed by atoms with Gasteiger partial charge in [0.05, 0.1) is 27.9 Å². The Balaban J connectivity index is 2.02. The molecule has 0 bridgehead atoms. The highest BCUT2D eigenvalue weighted by Crippen LogP contribution is 2.40. The summed E-state index contributed by atoms with van der Waals surface area (Å²) in [6.45, 7) is -0.218. The van der Waals surface area contributed by atoms with Crippen molar-refractivity contribution in [1.82, 2.24) is 19.7 Å². The summed E-state index contributed by atoms with van der Waals surface area (Å²) in [7, 11) is 0. The lowest BCUT2D eigenvalue weighted by atomic mass is 10.1. The van der Waals surface area contributed by atoms with Gasteiger partial charge in [0.25, 0.3) is 0 Å². The maximum absolute atomic E-state index is 11.2. The smallest absolute Gasteiger partial charge is 0.187 e. The fourth-order valence-electron chi connectivity index (χ4n) is 3.14. The quantitative estimate of drug-likeness (QED) is 0.199. The largest absolute Gasteiger partial charge is 0.426 e. The van der Waals surface area contributed by atoms with Crippen molar-refractivity contribution in [2.75, 3.05) is 6.26 Å². The van der Waals surface area contributed by atoms with E-state index >= 15 is 0 Å². The molecule has 0 spiro atoms. The van der Waals surface area contributed by atoms with E-state index in [-0.39, 0.29) is 22.5 Å². The predicted molar refractivity (Wildman–Crippen MR) is 124 cm³/mol. The molecule has 0 aliphatic carbocycles. The summed E-state index contributed by atoms with van der Waals surface area (Å²) < 4.78 is 0.911. The van der Waals surface area contributed by atoms with Crippen LogP contribution in [0.25, 0.3) is 34.0 Å². The Kier molecular flexibility index (Phi) is 6.41. The highest BCUT2D eigenvalue weighted by molar-refractivity contribution is 7.98. The highest BCUT2D eigenvalue weighted by atomic mass is 35.5. The van der Waals surface area contributed by atoms with E-state index in [1.54, 1.807) is 42.6 Å². The fraction of sp³-hybridized carbons (Fsp3) is 0.0952.